The Bertz CT molecular complexity index is 1320. The third-order valence-corrected chi connectivity index (χ3v) is 10.3. The van der Waals surface area contributed by atoms with Gasteiger partial charge in [0.25, 0.3) is 5.56 Å². The van der Waals surface area contributed by atoms with E-state index < -0.39 is 0 Å². The van der Waals surface area contributed by atoms with E-state index in [1.165, 1.54) is 62.9 Å². The smallest absolute Gasteiger partial charge is 0.271 e. The maximum Gasteiger partial charge on any atom is 0.271 e. The normalized spacial score (nSPS) is 20.4. The lowest BCUT2D eigenvalue weighted by atomic mass is 9.95. The van der Waals surface area contributed by atoms with Crippen LogP contribution in [0.2, 0.25) is 0 Å². The molecule has 6 nitrogen and oxygen atoms in total. The number of ether oxygens (including phenoxy) is 1. The Labute approximate surface area is 233 Å². The molecule has 2 fully saturated rings. The van der Waals surface area contributed by atoms with E-state index >= 15 is 0 Å². The van der Waals surface area contributed by atoms with E-state index in [1.807, 2.05) is 35.7 Å². The van der Waals surface area contributed by atoms with Gasteiger partial charge in [-0.25, -0.2) is 0 Å². The molecule has 3 heterocycles. The number of aromatic amines is 1. The van der Waals surface area contributed by atoms with Crippen LogP contribution in [0.15, 0.2) is 79.1 Å². The molecule has 8 heteroatoms. The van der Waals surface area contributed by atoms with Crippen LogP contribution in [0.5, 0.6) is 0 Å². The zero-order chi connectivity index (χ0) is 25.9. The van der Waals surface area contributed by atoms with E-state index in [1.54, 1.807) is 6.20 Å². The molecular weight excluding hydrogens is 512 g/mol. The molecule has 3 aromatic rings. The molecule has 0 radical (unpaired) electrons. The van der Waals surface area contributed by atoms with E-state index in [4.69, 9.17) is 4.74 Å². The van der Waals surface area contributed by atoms with Crippen LogP contribution in [-0.4, -0.2) is 43.3 Å². The Morgan fingerprint density at radius 3 is 2.82 bits per heavy atom. The fourth-order valence-electron chi connectivity index (χ4n) is 5.67. The number of nitrogens with one attached hydrogen (secondary N) is 3. The molecule has 0 amide bonds. The average Bonchev–Trinajstić information content (AvgIpc) is 2.95. The maximum absolute atomic E-state index is 12.4. The van der Waals surface area contributed by atoms with E-state index in [0.717, 1.165) is 6.54 Å². The van der Waals surface area contributed by atoms with Crippen molar-refractivity contribution in [3.05, 3.63) is 70.6 Å². The van der Waals surface area contributed by atoms with Gasteiger partial charge in [-0.15, -0.1) is 0 Å². The van der Waals surface area contributed by atoms with Crippen LogP contribution in [0.3, 0.4) is 0 Å². The van der Waals surface area contributed by atoms with E-state index in [2.05, 4.69) is 63.8 Å². The van der Waals surface area contributed by atoms with Crippen molar-refractivity contribution in [3.63, 3.8) is 0 Å². The highest BCUT2D eigenvalue weighted by Gasteiger charge is 2.29. The lowest BCUT2D eigenvalue weighted by molar-refractivity contribution is 0.0378. The highest BCUT2D eigenvalue weighted by molar-refractivity contribution is 8.05. The standard InChI is InChI=1S/C30H36N4O2S2/c1-20(18-32-21-7-3-2-4-8-21)33-22-12-13-26-28(17-22)37-27-11-5-9-23(29(27)38-26)25-19-34(15-16-36-25)24-10-6-14-31-30(24)35/h5-6,9-14,17,20-21,25,32-33H,2-4,7-8,15-16,18-19H2,1H3,(H,31,35). The SMILES string of the molecule is CC(CNC1CCCCC1)Nc1ccc2c(c1)Sc1cccc(C3CN(c4ccc[nH]c4=O)CCO3)c1S2. The van der Waals surface area contributed by atoms with Gasteiger partial charge in [0.2, 0.25) is 0 Å². The Balaban J connectivity index is 1.14. The second kappa shape index (κ2) is 11.8. The molecule has 6 rings (SSSR count). The van der Waals surface area contributed by atoms with Crippen molar-refractivity contribution < 1.29 is 4.74 Å². The number of benzene rings is 2. The molecule has 200 valence electrons. The Hall–Kier alpha value is -2.39. The summed E-state index contributed by atoms with van der Waals surface area (Å²) in [5.41, 5.74) is 3.04. The largest absolute Gasteiger partial charge is 0.381 e. The van der Waals surface area contributed by atoms with Gasteiger partial charge in [0.1, 0.15) is 11.8 Å². The van der Waals surface area contributed by atoms with Gasteiger partial charge in [-0.2, -0.15) is 0 Å². The summed E-state index contributed by atoms with van der Waals surface area (Å²) < 4.78 is 6.25. The lowest BCUT2D eigenvalue weighted by Gasteiger charge is -2.35. The van der Waals surface area contributed by atoms with E-state index in [0.29, 0.717) is 37.5 Å². The molecule has 1 saturated heterocycles. The summed E-state index contributed by atoms with van der Waals surface area (Å²) in [6.45, 7) is 5.23. The fraction of sp³-hybridized carbons (Fsp3) is 0.433. The second-order valence-electron chi connectivity index (χ2n) is 10.5. The topological polar surface area (TPSA) is 69.4 Å². The highest BCUT2D eigenvalue weighted by atomic mass is 32.2. The zero-order valence-electron chi connectivity index (χ0n) is 21.9. The first-order valence-electron chi connectivity index (χ1n) is 13.8. The van der Waals surface area contributed by atoms with Crippen molar-refractivity contribution in [1.29, 1.82) is 0 Å². The summed E-state index contributed by atoms with van der Waals surface area (Å²) in [6.07, 6.45) is 8.35. The van der Waals surface area contributed by atoms with Gasteiger partial charge in [0, 0.05) is 63.2 Å². The van der Waals surface area contributed by atoms with Gasteiger partial charge in [0.15, 0.2) is 0 Å². The molecule has 38 heavy (non-hydrogen) atoms. The number of hydrogen-bond acceptors (Lipinski definition) is 7. The number of nitrogens with zero attached hydrogens (tertiary/aromatic N) is 1. The number of aromatic nitrogens is 1. The van der Waals surface area contributed by atoms with E-state index in [9.17, 15) is 4.79 Å². The lowest BCUT2D eigenvalue weighted by Crippen LogP contribution is -2.41. The van der Waals surface area contributed by atoms with Crippen LogP contribution in [0.4, 0.5) is 11.4 Å². The first kappa shape index (κ1) is 25.9. The van der Waals surface area contributed by atoms with Crippen molar-refractivity contribution in [3.8, 4) is 0 Å². The predicted octanol–water partition coefficient (Wildman–Crippen LogP) is 6.29. The third kappa shape index (κ3) is 5.78. The number of pyridine rings is 1. The number of H-pyrrole nitrogens is 1. The molecule has 1 saturated carbocycles. The van der Waals surface area contributed by atoms with Gasteiger partial charge < -0.3 is 25.3 Å². The quantitative estimate of drug-likeness (QED) is 0.251. The minimum absolute atomic E-state index is 0.0504. The summed E-state index contributed by atoms with van der Waals surface area (Å²) >= 11 is 3.67. The molecule has 0 spiro atoms. The van der Waals surface area contributed by atoms with Crippen LogP contribution in [0.25, 0.3) is 0 Å². The zero-order valence-corrected chi connectivity index (χ0v) is 23.5. The molecule has 2 aromatic carbocycles. The summed E-state index contributed by atoms with van der Waals surface area (Å²) in [4.78, 5) is 22.4. The number of rotatable bonds is 7. The Kier molecular flexibility index (Phi) is 8.02. The van der Waals surface area contributed by atoms with E-state index in [-0.39, 0.29) is 11.7 Å². The fourth-order valence-corrected chi connectivity index (χ4v) is 8.12. The molecule has 2 aliphatic heterocycles. The van der Waals surface area contributed by atoms with Gasteiger partial charge in [0.05, 0.1) is 6.61 Å². The van der Waals surface area contributed by atoms with Gasteiger partial charge in [-0.05, 0) is 61.7 Å². The molecule has 2 atom stereocenters. The third-order valence-electron chi connectivity index (χ3n) is 7.67. The maximum atomic E-state index is 12.4. The summed E-state index contributed by atoms with van der Waals surface area (Å²) in [7, 11) is 0. The summed E-state index contributed by atoms with van der Waals surface area (Å²) in [6, 6.07) is 18.1. The molecule has 3 N–H and O–H groups in total. The van der Waals surface area contributed by atoms with Crippen molar-refractivity contribution in [2.45, 2.75) is 76.8 Å². The first-order valence-corrected chi connectivity index (χ1v) is 15.4. The summed E-state index contributed by atoms with van der Waals surface area (Å²) in [5, 5.41) is 7.47. The second-order valence-corrected chi connectivity index (χ2v) is 12.7. The minimum atomic E-state index is -0.0774. The monoisotopic (exact) mass is 548 g/mol. The molecule has 2 unspecified atom stereocenters. The Morgan fingerprint density at radius 2 is 1.95 bits per heavy atom. The predicted molar refractivity (Wildman–Crippen MR) is 157 cm³/mol. The summed E-state index contributed by atoms with van der Waals surface area (Å²) in [5.74, 6) is 0. The number of anilines is 2. The van der Waals surface area contributed by atoms with Gasteiger partial charge in [-0.3, -0.25) is 4.79 Å². The van der Waals surface area contributed by atoms with Crippen LogP contribution in [0.1, 0.15) is 50.7 Å². The van der Waals surface area contributed by atoms with Crippen molar-refractivity contribution in [2.24, 2.45) is 0 Å². The number of fused-ring (bicyclic) bond motifs is 2. The number of morpholine rings is 1. The average molecular weight is 549 g/mol. The highest BCUT2D eigenvalue weighted by Crippen LogP contribution is 2.51. The van der Waals surface area contributed by atoms with Crippen molar-refractivity contribution in [2.75, 3.05) is 36.5 Å². The van der Waals surface area contributed by atoms with Crippen molar-refractivity contribution >= 4 is 34.9 Å². The van der Waals surface area contributed by atoms with Gasteiger partial charge in [-0.1, -0.05) is 54.9 Å². The minimum Gasteiger partial charge on any atom is -0.381 e. The molecule has 3 aliphatic rings. The number of hydrogen-bond donors (Lipinski definition) is 3. The van der Waals surface area contributed by atoms with Crippen LogP contribution >= 0.6 is 23.5 Å². The Morgan fingerprint density at radius 1 is 1.05 bits per heavy atom. The van der Waals surface area contributed by atoms with Crippen LogP contribution in [-0.2, 0) is 4.74 Å². The van der Waals surface area contributed by atoms with Crippen LogP contribution < -0.4 is 21.1 Å². The first-order chi connectivity index (χ1) is 18.6. The van der Waals surface area contributed by atoms with Crippen LogP contribution in [0, 0.1) is 0 Å². The molecule has 1 aliphatic carbocycles. The van der Waals surface area contributed by atoms with Gasteiger partial charge >= 0.3 is 0 Å². The molecular formula is C30H36N4O2S2. The molecule has 0 bridgehead atoms. The van der Waals surface area contributed by atoms with Crippen molar-refractivity contribution in [1.82, 2.24) is 10.3 Å². The molecule has 1 aromatic heterocycles.